The van der Waals surface area contributed by atoms with Gasteiger partial charge in [0.15, 0.2) is 5.13 Å². The van der Waals surface area contributed by atoms with Crippen molar-refractivity contribution in [1.29, 1.82) is 0 Å². The van der Waals surface area contributed by atoms with Crippen LogP contribution < -0.4 is 16.0 Å². The zero-order valence-corrected chi connectivity index (χ0v) is 29.0. The van der Waals surface area contributed by atoms with E-state index in [0.717, 1.165) is 76.4 Å². The van der Waals surface area contributed by atoms with E-state index < -0.39 is 6.04 Å². The first-order valence-electron chi connectivity index (χ1n) is 17.1. The summed E-state index contributed by atoms with van der Waals surface area (Å²) in [5.74, 6) is -0.00402. The summed E-state index contributed by atoms with van der Waals surface area (Å²) < 4.78 is 0. The van der Waals surface area contributed by atoms with E-state index in [4.69, 9.17) is 4.98 Å². The number of hydrogen-bond acceptors (Lipinski definition) is 5. The molecule has 1 aromatic rings. The molecule has 0 bridgehead atoms. The van der Waals surface area contributed by atoms with Crippen molar-refractivity contribution in [3.05, 3.63) is 83.5 Å². The first kappa shape index (κ1) is 38.2. The molecule has 45 heavy (non-hydrogen) atoms. The summed E-state index contributed by atoms with van der Waals surface area (Å²) in [5.41, 5.74) is 1.10. The van der Waals surface area contributed by atoms with Crippen LogP contribution in [0.3, 0.4) is 0 Å². The maximum absolute atomic E-state index is 13.1. The molecule has 1 heterocycles. The van der Waals surface area contributed by atoms with Crippen LogP contribution in [0, 0.1) is 5.92 Å². The number of aromatic nitrogens is 1. The summed E-state index contributed by atoms with van der Waals surface area (Å²) in [5, 5.41) is 10.2. The van der Waals surface area contributed by atoms with Gasteiger partial charge in [-0.3, -0.25) is 9.59 Å². The molecule has 0 spiro atoms. The van der Waals surface area contributed by atoms with Gasteiger partial charge in [0.05, 0.1) is 5.69 Å². The fourth-order valence-corrected chi connectivity index (χ4v) is 6.06. The highest BCUT2D eigenvalue weighted by molar-refractivity contribution is 7.15. The number of amides is 2. The molecule has 7 heteroatoms. The number of carbonyl (C=O) groups excluding carboxylic acids is 2. The number of nitrogens with zero attached hydrogens (tertiary/aromatic N) is 1. The molecule has 1 aliphatic carbocycles. The molecule has 3 N–H and O–H groups in total. The Balaban J connectivity index is 1.64. The first-order chi connectivity index (χ1) is 21.9. The molecule has 1 aliphatic rings. The van der Waals surface area contributed by atoms with Crippen LogP contribution >= 0.6 is 11.3 Å². The van der Waals surface area contributed by atoms with Crippen molar-refractivity contribution in [3.8, 4) is 0 Å². The Morgan fingerprint density at radius 1 is 0.867 bits per heavy atom. The number of thiazole rings is 1. The van der Waals surface area contributed by atoms with Crippen LogP contribution in [0.5, 0.6) is 0 Å². The number of hydrogen-bond donors (Lipinski definition) is 3. The van der Waals surface area contributed by atoms with Gasteiger partial charge >= 0.3 is 0 Å². The van der Waals surface area contributed by atoms with Gasteiger partial charge < -0.3 is 16.0 Å². The summed E-state index contributed by atoms with van der Waals surface area (Å²) in [6, 6.07) is -0.0849. The Labute approximate surface area is 277 Å². The SMILES string of the molecule is CC/C=C\C/C=C\C/C=C\C/C=C\C/C=C\C/C=C\CCC(=O)N[C@@H](CC(C)C)C(=O)Nc1nc2c(s1)C[C@H](NCCC)CC2. The third kappa shape index (κ3) is 17.9. The molecular formula is C38H58N4O2S. The fraction of sp³-hybridized carbons (Fsp3) is 0.553. The Bertz CT molecular complexity index is 1160. The highest BCUT2D eigenvalue weighted by Crippen LogP contribution is 2.30. The number of aryl methyl sites for hydroxylation is 1. The lowest BCUT2D eigenvalue weighted by Crippen LogP contribution is -2.44. The number of anilines is 1. The lowest BCUT2D eigenvalue weighted by molar-refractivity contribution is -0.126. The minimum absolute atomic E-state index is 0.0985. The highest BCUT2D eigenvalue weighted by atomic mass is 32.1. The van der Waals surface area contributed by atoms with E-state index in [1.54, 1.807) is 11.3 Å². The van der Waals surface area contributed by atoms with E-state index in [2.05, 4.69) is 110 Å². The van der Waals surface area contributed by atoms with Gasteiger partial charge in [0.2, 0.25) is 11.8 Å². The average Bonchev–Trinajstić information content (AvgIpc) is 3.42. The molecule has 0 saturated carbocycles. The summed E-state index contributed by atoms with van der Waals surface area (Å²) >= 11 is 1.57. The molecule has 2 amide bonds. The van der Waals surface area contributed by atoms with E-state index in [-0.39, 0.29) is 17.7 Å². The van der Waals surface area contributed by atoms with Gasteiger partial charge in [-0.25, -0.2) is 4.98 Å². The molecule has 2 atom stereocenters. The molecule has 6 nitrogen and oxygen atoms in total. The zero-order chi connectivity index (χ0) is 32.5. The summed E-state index contributed by atoms with van der Waals surface area (Å²) in [7, 11) is 0. The summed E-state index contributed by atoms with van der Waals surface area (Å²) in [6.45, 7) is 9.49. The number of nitrogens with one attached hydrogen (secondary N) is 3. The van der Waals surface area contributed by atoms with Gasteiger partial charge in [-0.15, -0.1) is 11.3 Å². The highest BCUT2D eigenvalue weighted by Gasteiger charge is 2.26. The number of rotatable bonds is 22. The lowest BCUT2D eigenvalue weighted by Gasteiger charge is -2.21. The van der Waals surface area contributed by atoms with Crippen LogP contribution in [0.2, 0.25) is 0 Å². The standard InChI is InChI=1S/C38H58N4O2S/c1-5-7-8-9-10-11-12-13-14-15-16-17-18-19-20-21-22-23-24-25-36(43)40-34(29-31(3)4)37(44)42-38-41-33-27-26-32(39-28-6-2)30-35(33)45-38/h7-8,10-11,13-14,16-17,19-20,22-23,31-32,34,39H,5-6,9,12,15,18,21,24-30H2,1-4H3,(H,40,43)(H,41,42,44)/b8-7-,11-10-,14-13-,17-16-,20-19-,23-22-/t32-,34+/m1/s1. The Morgan fingerprint density at radius 3 is 2.00 bits per heavy atom. The maximum atomic E-state index is 13.1. The van der Waals surface area contributed by atoms with E-state index in [1.165, 1.54) is 4.88 Å². The molecule has 1 aromatic heterocycles. The van der Waals surface area contributed by atoms with Crippen LogP contribution in [0.25, 0.3) is 0 Å². The van der Waals surface area contributed by atoms with Crippen LogP contribution in [-0.4, -0.2) is 35.4 Å². The van der Waals surface area contributed by atoms with Crippen LogP contribution in [-0.2, 0) is 22.4 Å². The molecule has 0 aromatic carbocycles. The van der Waals surface area contributed by atoms with Crippen molar-refractivity contribution in [1.82, 2.24) is 15.6 Å². The lowest BCUT2D eigenvalue weighted by atomic mass is 9.98. The van der Waals surface area contributed by atoms with Gasteiger partial charge in [-0.1, -0.05) is 101 Å². The van der Waals surface area contributed by atoms with Gasteiger partial charge in [0.25, 0.3) is 0 Å². The smallest absolute Gasteiger partial charge is 0.248 e. The van der Waals surface area contributed by atoms with Crippen LogP contribution in [0.4, 0.5) is 5.13 Å². The second-order valence-electron chi connectivity index (χ2n) is 12.0. The minimum atomic E-state index is -0.567. The average molecular weight is 635 g/mol. The van der Waals surface area contributed by atoms with Gasteiger partial charge in [0, 0.05) is 17.3 Å². The van der Waals surface area contributed by atoms with E-state index in [0.29, 0.717) is 30.4 Å². The van der Waals surface area contributed by atoms with Crippen LogP contribution in [0.15, 0.2) is 72.9 Å². The van der Waals surface area contributed by atoms with Crippen molar-refractivity contribution in [2.45, 2.75) is 123 Å². The molecule has 0 saturated heterocycles. The summed E-state index contributed by atoms with van der Waals surface area (Å²) in [4.78, 5) is 31.8. The molecule has 2 rings (SSSR count). The largest absolute Gasteiger partial charge is 0.344 e. The number of allylic oxidation sites excluding steroid dienone is 12. The van der Waals surface area contributed by atoms with E-state index in [9.17, 15) is 9.59 Å². The van der Waals surface area contributed by atoms with Crippen LogP contribution in [0.1, 0.15) is 109 Å². The van der Waals surface area contributed by atoms with Crippen molar-refractivity contribution in [3.63, 3.8) is 0 Å². The predicted octanol–water partition coefficient (Wildman–Crippen LogP) is 8.95. The van der Waals surface area contributed by atoms with Crippen molar-refractivity contribution >= 4 is 28.3 Å². The van der Waals surface area contributed by atoms with E-state index >= 15 is 0 Å². The van der Waals surface area contributed by atoms with Crippen molar-refractivity contribution in [2.75, 3.05) is 11.9 Å². The molecule has 0 unspecified atom stereocenters. The fourth-order valence-electron chi connectivity index (χ4n) is 4.97. The first-order valence-corrected chi connectivity index (χ1v) is 18.0. The normalized spacial score (nSPS) is 16.3. The number of fused-ring (bicyclic) bond motifs is 1. The third-order valence-electron chi connectivity index (χ3n) is 7.35. The Morgan fingerprint density at radius 2 is 1.44 bits per heavy atom. The van der Waals surface area contributed by atoms with Gasteiger partial charge in [-0.2, -0.15) is 0 Å². The minimum Gasteiger partial charge on any atom is -0.344 e. The third-order valence-corrected chi connectivity index (χ3v) is 8.38. The molecule has 248 valence electrons. The second kappa shape index (κ2) is 24.2. The molecule has 0 aliphatic heterocycles. The molecule has 0 radical (unpaired) electrons. The Kier molecular flexibility index (Phi) is 20.5. The zero-order valence-electron chi connectivity index (χ0n) is 28.2. The molecular weight excluding hydrogens is 577 g/mol. The van der Waals surface area contributed by atoms with Gasteiger partial charge in [0.1, 0.15) is 6.04 Å². The van der Waals surface area contributed by atoms with Gasteiger partial charge in [-0.05, 0) is 89.5 Å². The monoisotopic (exact) mass is 634 g/mol. The van der Waals surface area contributed by atoms with Crippen molar-refractivity contribution in [2.24, 2.45) is 5.92 Å². The van der Waals surface area contributed by atoms with E-state index in [1.807, 2.05) is 6.08 Å². The van der Waals surface area contributed by atoms with Crippen molar-refractivity contribution < 1.29 is 9.59 Å². The second-order valence-corrected chi connectivity index (χ2v) is 13.1. The Hall–Kier alpha value is -3.03. The topological polar surface area (TPSA) is 83.1 Å². The maximum Gasteiger partial charge on any atom is 0.248 e. The molecule has 0 fully saturated rings. The predicted molar refractivity (Wildman–Crippen MR) is 194 cm³/mol. The number of carbonyl (C=O) groups is 2. The summed E-state index contributed by atoms with van der Waals surface area (Å²) in [6.07, 6.45) is 37.6. The quantitative estimate of drug-likeness (QED) is 0.111.